The number of carboxylic acids is 1. The molecule has 0 rings (SSSR count). The first-order valence-electron chi connectivity index (χ1n) is 4.63. The fraction of sp³-hybridized carbons (Fsp3) is 0.750. The van der Waals surface area contributed by atoms with E-state index in [2.05, 4.69) is 14.4 Å². The van der Waals surface area contributed by atoms with Gasteiger partial charge in [0.15, 0.2) is 0 Å². The summed E-state index contributed by atoms with van der Waals surface area (Å²) in [5, 5.41) is 10.1. The average molecular weight is 254 g/mol. The maximum absolute atomic E-state index is 10.3. The van der Waals surface area contributed by atoms with Gasteiger partial charge in [-0.25, -0.2) is 0 Å². The van der Waals surface area contributed by atoms with E-state index in [4.69, 9.17) is 5.11 Å². The van der Waals surface area contributed by atoms with E-state index in [1.165, 1.54) is 6.92 Å². The second-order valence-electron chi connectivity index (χ2n) is 2.36. The van der Waals surface area contributed by atoms with Crippen LogP contribution in [0.3, 0.4) is 0 Å². The Labute approximate surface area is 95.1 Å². The van der Waals surface area contributed by atoms with E-state index in [9.17, 15) is 14.2 Å². The average Bonchev–Trinajstić information content (AvgIpc) is 2.16. The molecule has 0 fully saturated rings. The lowest BCUT2D eigenvalue weighted by atomic mass is 10.6. The Balaban J connectivity index is 0. The smallest absolute Gasteiger partial charge is 0.480 e. The molecule has 0 aromatic rings. The zero-order valence-electron chi connectivity index (χ0n) is 9.56. The van der Waals surface area contributed by atoms with Crippen LogP contribution >= 0.6 is 8.25 Å². The Hall–Kier alpha value is -1.04. The molecule has 0 radical (unpaired) electrons. The molecule has 8 heteroatoms. The molecular weight excluding hydrogens is 237 g/mol. The summed E-state index contributed by atoms with van der Waals surface area (Å²) in [5.74, 6) is -1.35. The molecule has 0 atom stereocenters. The Kier molecular flexibility index (Phi) is 13.1. The van der Waals surface area contributed by atoms with E-state index in [1.807, 2.05) is 0 Å². The van der Waals surface area contributed by atoms with Crippen molar-refractivity contribution in [1.82, 2.24) is 5.32 Å². The van der Waals surface area contributed by atoms with Crippen molar-refractivity contribution in [2.24, 2.45) is 0 Å². The van der Waals surface area contributed by atoms with Crippen LogP contribution in [0.2, 0.25) is 0 Å². The quantitative estimate of drug-likeness (QED) is 0.683. The van der Waals surface area contributed by atoms with Gasteiger partial charge < -0.3 is 10.4 Å². The van der Waals surface area contributed by atoms with Crippen LogP contribution in [0.1, 0.15) is 20.8 Å². The van der Waals surface area contributed by atoms with Crippen LogP contribution < -0.4 is 5.32 Å². The fourth-order valence-corrected chi connectivity index (χ4v) is 0.944. The van der Waals surface area contributed by atoms with Crippen molar-refractivity contribution in [2.75, 3.05) is 19.8 Å². The number of hydrogen-bond acceptors (Lipinski definition) is 5. The molecule has 0 aromatic carbocycles. The van der Waals surface area contributed by atoms with Gasteiger partial charge >= 0.3 is 14.2 Å². The van der Waals surface area contributed by atoms with Crippen LogP contribution in [-0.2, 0) is 23.2 Å². The second-order valence-corrected chi connectivity index (χ2v) is 3.33. The zero-order chi connectivity index (χ0) is 13.0. The van der Waals surface area contributed by atoms with Crippen LogP contribution in [0.5, 0.6) is 0 Å². The van der Waals surface area contributed by atoms with Gasteiger partial charge in [0.1, 0.15) is 19.8 Å². The topological polar surface area (TPSA) is 102 Å². The van der Waals surface area contributed by atoms with Gasteiger partial charge in [-0.3, -0.25) is 9.59 Å². The van der Waals surface area contributed by atoms with Crippen molar-refractivity contribution in [3.8, 4) is 0 Å². The summed E-state index contributed by atoms with van der Waals surface area (Å²) in [6.07, 6.45) is 0. The summed E-state index contributed by atoms with van der Waals surface area (Å²) in [6.45, 7) is 5.39. The third-order valence-corrected chi connectivity index (χ3v) is 1.90. The number of carbonyl (C=O) groups is 2. The van der Waals surface area contributed by atoms with Crippen LogP contribution in [0.15, 0.2) is 0 Å². The Morgan fingerprint density at radius 3 is 1.88 bits per heavy atom. The van der Waals surface area contributed by atoms with E-state index in [0.717, 1.165) is 0 Å². The molecule has 0 aromatic heterocycles. The van der Waals surface area contributed by atoms with Crippen molar-refractivity contribution in [1.29, 1.82) is 0 Å². The lowest BCUT2D eigenvalue weighted by Gasteiger charge is -1.92. The summed E-state index contributed by atoms with van der Waals surface area (Å²) < 4.78 is 19.5. The highest BCUT2D eigenvalue weighted by molar-refractivity contribution is 7.33. The van der Waals surface area contributed by atoms with Gasteiger partial charge in [-0.15, -0.1) is 9.05 Å². The second kappa shape index (κ2) is 12.0. The maximum atomic E-state index is 10.3. The first kappa shape index (κ1) is 17.4. The molecule has 0 spiro atoms. The molecular formula is C8H17NO6P+. The standard InChI is InChI=1S/C4H7NO3.C4H10O3P/c1-3(6)5-2-4(7)8;1-3-6-8(5)7-4-2/h2H2,1H3,(H,5,6)(H,7,8);3-4H2,1-2H3/q;+1. The molecule has 0 saturated carbocycles. The third-order valence-electron chi connectivity index (χ3n) is 0.958. The first-order valence-corrected chi connectivity index (χ1v) is 5.72. The summed E-state index contributed by atoms with van der Waals surface area (Å²) in [4.78, 5) is 19.7. The Bertz CT molecular complexity index is 211. The summed E-state index contributed by atoms with van der Waals surface area (Å²) in [5.41, 5.74) is 0. The molecule has 7 nitrogen and oxygen atoms in total. The highest BCUT2D eigenvalue weighted by Crippen LogP contribution is 2.21. The number of hydrogen-bond donors (Lipinski definition) is 2. The predicted octanol–water partition coefficient (Wildman–Crippen LogP) is 0.924. The van der Waals surface area contributed by atoms with Gasteiger partial charge in [0.05, 0.1) is 0 Å². The number of nitrogens with one attached hydrogen (secondary N) is 1. The van der Waals surface area contributed by atoms with Crippen molar-refractivity contribution < 1.29 is 28.3 Å². The molecule has 0 heterocycles. The van der Waals surface area contributed by atoms with Crippen LogP contribution in [0, 0.1) is 0 Å². The van der Waals surface area contributed by atoms with Gasteiger partial charge in [0.2, 0.25) is 5.91 Å². The van der Waals surface area contributed by atoms with Gasteiger partial charge in [0.25, 0.3) is 0 Å². The van der Waals surface area contributed by atoms with E-state index < -0.39 is 14.2 Å². The maximum Gasteiger partial charge on any atom is 0.697 e. The van der Waals surface area contributed by atoms with E-state index in [1.54, 1.807) is 13.8 Å². The zero-order valence-corrected chi connectivity index (χ0v) is 10.5. The van der Waals surface area contributed by atoms with E-state index in [-0.39, 0.29) is 12.5 Å². The van der Waals surface area contributed by atoms with Crippen LogP contribution in [-0.4, -0.2) is 36.7 Å². The van der Waals surface area contributed by atoms with Crippen LogP contribution in [0.25, 0.3) is 0 Å². The molecule has 94 valence electrons. The molecule has 0 saturated heterocycles. The first-order chi connectivity index (χ1) is 7.43. The number of carbonyl (C=O) groups excluding carboxylic acids is 1. The molecule has 0 bridgehead atoms. The molecule has 16 heavy (non-hydrogen) atoms. The van der Waals surface area contributed by atoms with Gasteiger partial charge in [-0.05, 0) is 13.8 Å². The lowest BCUT2D eigenvalue weighted by molar-refractivity contribution is -0.137. The molecule has 0 aliphatic rings. The largest absolute Gasteiger partial charge is 0.697 e. The minimum atomic E-state index is -1.83. The highest BCUT2D eigenvalue weighted by atomic mass is 31.1. The Morgan fingerprint density at radius 2 is 1.69 bits per heavy atom. The Morgan fingerprint density at radius 1 is 1.25 bits per heavy atom. The van der Waals surface area contributed by atoms with Gasteiger partial charge in [0, 0.05) is 11.5 Å². The monoisotopic (exact) mass is 254 g/mol. The van der Waals surface area contributed by atoms with Crippen LogP contribution in [0.4, 0.5) is 0 Å². The number of rotatable bonds is 6. The van der Waals surface area contributed by atoms with Crippen molar-refractivity contribution >= 4 is 20.1 Å². The highest BCUT2D eigenvalue weighted by Gasteiger charge is 2.15. The summed E-state index contributed by atoms with van der Waals surface area (Å²) >= 11 is 0. The number of aliphatic carboxylic acids is 1. The SMILES string of the molecule is CC(=O)NCC(=O)O.CCO[P+](=O)OCC. The van der Waals surface area contributed by atoms with Crippen molar-refractivity contribution in [3.63, 3.8) is 0 Å². The molecule has 2 N–H and O–H groups in total. The summed E-state index contributed by atoms with van der Waals surface area (Å²) in [6, 6.07) is 0. The van der Waals surface area contributed by atoms with Crippen molar-refractivity contribution in [2.45, 2.75) is 20.8 Å². The molecule has 0 aliphatic heterocycles. The minimum absolute atomic E-state index is 0.296. The summed E-state index contributed by atoms with van der Waals surface area (Å²) in [7, 11) is -1.83. The predicted molar refractivity (Wildman–Crippen MR) is 57.2 cm³/mol. The normalized spacial score (nSPS) is 8.69. The minimum Gasteiger partial charge on any atom is -0.480 e. The molecule has 0 aliphatic carbocycles. The lowest BCUT2D eigenvalue weighted by Crippen LogP contribution is -2.26. The fourth-order valence-electron chi connectivity index (χ4n) is 0.448. The number of carboxylic acid groups (broad SMARTS) is 1. The van der Waals surface area contributed by atoms with E-state index in [0.29, 0.717) is 13.2 Å². The van der Waals surface area contributed by atoms with E-state index >= 15 is 0 Å². The number of amides is 1. The van der Waals surface area contributed by atoms with Gasteiger partial charge in [-0.1, -0.05) is 0 Å². The third kappa shape index (κ3) is 18.7. The molecule has 0 unspecified atom stereocenters. The van der Waals surface area contributed by atoms with Gasteiger partial charge in [-0.2, -0.15) is 0 Å². The van der Waals surface area contributed by atoms with Crippen molar-refractivity contribution in [3.05, 3.63) is 0 Å². The molecule has 1 amide bonds.